The first-order valence-electron chi connectivity index (χ1n) is 12.9. The van der Waals surface area contributed by atoms with Crippen LogP contribution >= 0.6 is 0 Å². The van der Waals surface area contributed by atoms with Crippen molar-refractivity contribution in [1.29, 1.82) is 0 Å². The van der Waals surface area contributed by atoms with Crippen LogP contribution in [0.4, 0.5) is 0 Å². The van der Waals surface area contributed by atoms with Crippen molar-refractivity contribution in [3.8, 4) is 11.5 Å². The lowest BCUT2D eigenvalue weighted by Crippen LogP contribution is -2.42. The van der Waals surface area contributed by atoms with E-state index in [2.05, 4.69) is 26.0 Å². The Morgan fingerprint density at radius 3 is 2.58 bits per heavy atom. The molecule has 1 heterocycles. The molecule has 0 saturated heterocycles. The number of carboxylic acid groups (broad SMARTS) is 1. The minimum Gasteiger partial charge on any atom is -0.479 e. The fourth-order valence-corrected chi connectivity index (χ4v) is 4.81. The van der Waals surface area contributed by atoms with Gasteiger partial charge in [0.25, 0.3) is 0 Å². The molecule has 4 rings (SSSR count). The molecule has 0 radical (unpaired) electrons. The summed E-state index contributed by atoms with van der Waals surface area (Å²) in [4.78, 5) is 16.8. The minimum atomic E-state index is -1.25. The van der Waals surface area contributed by atoms with Crippen molar-refractivity contribution in [2.24, 2.45) is 5.92 Å². The van der Waals surface area contributed by atoms with Crippen molar-refractivity contribution in [3.05, 3.63) is 77.2 Å². The van der Waals surface area contributed by atoms with E-state index in [1.54, 1.807) is 6.92 Å². The van der Waals surface area contributed by atoms with Crippen LogP contribution in [0.15, 0.2) is 59.0 Å². The highest BCUT2D eigenvalue weighted by molar-refractivity contribution is 5.77. The Hall–Kier alpha value is -2.96. The highest BCUT2D eigenvalue weighted by atomic mass is 16.5. The van der Waals surface area contributed by atoms with Gasteiger partial charge in [0, 0.05) is 18.4 Å². The van der Waals surface area contributed by atoms with E-state index in [0.717, 1.165) is 54.7 Å². The summed E-state index contributed by atoms with van der Waals surface area (Å²) in [5.74, 6) is 0.827. The number of hydrogen-bond acceptors (Lipinski definition) is 5. The Bertz CT molecular complexity index is 1120. The van der Waals surface area contributed by atoms with Gasteiger partial charge < -0.3 is 19.0 Å². The first kappa shape index (κ1) is 26.1. The molecule has 2 unspecified atom stereocenters. The topological polar surface area (TPSA) is 81.8 Å². The number of hydrogen-bond donors (Lipinski definition) is 1. The van der Waals surface area contributed by atoms with Gasteiger partial charge in [-0.1, -0.05) is 61.4 Å². The summed E-state index contributed by atoms with van der Waals surface area (Å²) in [6, 6.07) is 17.8. The van der Waals surface area contributed by atoms with Crippen molar-refractivity contribution in [2.45, 2.75) is 77.6 Å². The number of aliphatic carboxylic acids is 1. The molecule has 36 heavy (non-hydrogen) atoms. The maximum absolute atomic E-state index is 12.0. The summed E-state index contributed by atoms with van der Waals surface area (Å²) in [6.45, 7) is 6.62. The van der Waals surface area contributed by atoms with Gasteiger partial charge in [-0.25, -0.2) is 9.78 Å². The molecular formula is C30H37NO5. The number of carbonyl (C=O) groups is 1. The van der Waals surface area contributed by atoms with E-state index < -0.39 is 11.6 Å². The second-order valence-electron chi connectivity index (χ2n) is 10.1. The third-order valence-electron chi connectivity index (χ3n) is 7.06. The van der Waals surface area contributed by atoms with E-state index in [-0.39, 0.29) is 12.0 Å². The second kappa shape index (κ2) is 11.8. The second-order valence-corrected chi connectivity index (χ2v) is 10.1. The lowest BCUT2D eigenvalue weighted by molar-refractivity contribution is -0.166. The molecule has 1 fully saturated rings. The van der Waals surface area contributed by atoms with Gasteiger partial charge in [0.15, 0.2) is 5.60 Å². The van der Waals surface area contributed by atoms with E-state index in [4.69, 9.17) is 18.9 Å². The Kier molecular flexibility index (Phi) is 8.60. The lowest BCUT2D eigenvalue weighted by atomic mass is 9.87. The Balaban J connectivity index is 1.33. The van der Waals surface area contributed by atoms with Crippen molar-refractivity contribution >= 4 is 5.97 Å². The summed E-state index contributed by atoms with van der Waals surface area (Å²) in [7, 11) is 0. The zero-order valence-electron chi connectivity index (χ0n) is 21.5. The van der Waals surface area contributed by atoms with E-state index in [0.29, 0.717) is 25.5 Å². The standard InChI is InChI=1S/C30H37NO5/c1-4-27-26(31-28(36-27)24-15-13-21(2)14-16-24)20-34-25-12-8-11-23(17-25)19-35-30(3,29(32)33)18-22-9-6-5-7-10-22/h5-7,9-10,13-16,23,25H,4,8,11-12,17-20H2,1-3H3,(H,32,33)/t23?,25-,30?/m0/s1. The molecule has 1 saturated carbocycles. The first-order chi connectivity index (χ1) is 17.4. The maximum Gasteiger partial charge on any atom is 0.336 e. The quantitative estimate of drug-likeness (QED) is 0.335. The molecule has 1 aromatic heterocycles. The van der Waals surface area contributed by atoms with Gasteiger partial charge in [-0.2, -0.15) is 0 Å². The molecule has 0 bridgehead atoms. The number of aryl methyl sites for hydroxylation is 2. The third-order valence-corrected chi connectivity index (χ3v) is 7.06. The average Bonchev–Trinajstić information content (AvgIpc) is 3.31. The lowest BCUT2D eigenvalue weighted by Gasteiger charge is -2.32. The highest BCUT2D eigenvalue weighted by Crippen LogP contribution is 2.30. The number of carboxylic acids is 1. The molecule has 3 atom stereocenters. The van der Waals surface area contributed by atoms with Gasteiger partial charge >= 0.3 is 5.97 Å². The first-order valence-corrected chi connectivity index (χ1v) is 12.9. The number of rotatable bonds is 11. The largest absolute Gasteiger partial charge is 0.479 e. The summed E-state index contributed by atoms with van der Waals surface area (Å²) in [5.41, 5.74) is 2.72. The molecule has 6 heteroatoms. The average molecular weight is 492 g/mol. The van der Waals surface area contributed by atoms with Crippen LogP contribution in [-0.2, 0) is 33.7 Å². The summed E-state index contributed by atoms with van der Waals surface area (Å²) in [5, 5.41) is 9.87. The molecule has 2 aromatic carbocycles. The summed E-state index contributed by atoms with van der Waals surface area (Å²) < 4.78 is 18.4. The van der Waals surface area contributed by atoms with Gasteiger partial charge in [0.1, 0.15) is 11.5 Å². The SMILES string of the molecule is CCc1oc(-c2ccc(C)cc2)nc1CO[C@H]1CCCC(COC(C)(Cc2ccccc2)C(=O)O)C1. The van der Waals surface area contributed by atoms with Crippen molar-refractivity contribution in [1.82, 2.24) is 4.98 Å². The molecule has 3 aromatic rings. The van der Waals surface area contributed by atoms with E-state index >= 15 is 0 Å². The van der Waals surface area contributed by atoms with Gasteiger partial charge in [-0.3, -0.25) is 0 Å². The molecule has 0 amide bonds. The molecule has 192 valence electrons. The molecule has 1 N–H and O–H groups in total. The smallest absolute Gasteiger partial charge is 0.336 e. The molecule has 0 spiro atoms. The van der Waals surface area contributed by atoms with Crippen molar-refractivity contribution in [2.75, 3.05) is 6.61 Å². The fraction of sp³-hybridized carbons (Fsp3) is 0.467. The van der Waals surface area contributed by atoms with Crippen LogP contribution in [0.5, 0.6) is 0 Å². The molecule has 6 nitrogen and oxygen atoms in total. The molecular weight excluding hydrogens is 454 g/mol. The van der Waals surface area contributed by atoms with Crippen LogP contribution in [0.3, 0.4) is 0 Å². The van der Waals surface area contributed by atoms with Crippen LogP contribution in [0.25, 0.3) is 11.5 Å². The fourth-order valence-electron chi connectivity index (χ4n) is 4.81. The summed E-state index contributed by atoms with van der Waals surface area (Å²) >= 11 is 0. The highest BCUT2D eigenvalue weighted by Gasteiger charge is 2.36. The monoisotopic (exact) mass is 491 g/mol. The Labute approximate surface area is 213 Å². The molecule has 1 aliphatic rings. The molecule has 0 aliphatic heterocycles. The minimum absolute atomic E-state index is 0.0989. The van der Waals surface area contributed by atoms with Gasteiger partial charge in [-0.15, -0.1) is 0 Å². The van der Waals surface area contributed by atoms with Crippen LogP contribution in [0, 0.1) is 12.8 Å². The Morgan fingerprint density at radius 2 is 1.89 bits per heavy atom. The maximum atomic E-state index is 12.0. The van der Waals surface area contributed by atoms with Crippen LogP contribution in [0.1, 0.15) is 62.1 Å². The van der Waals surface area contributed by atoms with Crippen LogP contribution in [-0.4, -0.2) is 34.4 Å². The van der Waals surface area contributed by atoms with Gasteiger partial charge in [0.05, 0.1) is 19.3 Å². The van der Waals surface area contributed by atoms with Crippen LogP contribution in [0.2, 0.25) is 0 Å². The Morgan fingerprint density at radius 1 is 1.14 bits per heavy atom. The van der Waals surface area contributed by atoms with Gasteiger partial charge in [-0.05, 0) is 56.7 Å². The van der Waals surface area contributed by atoms with Crippen LogP contribution < -0.4 is 0 Å². The van der Waals surface area contributed by atoms with E-state index in [9.17, 15) is 9.90 Å². The zero-order valence-corrected chi connectivity index (χ0v) is 21.5. The third kappa shape index (κ3) is 6.62. The van der Waals surface area contributed by atoms with Gasteiger partial charge in [0.2, 0.25) is 5.89 Å². The van der Waals surface area contributed by atoms with E-state index in [1.807, 2.05) is 42.5 Å². The predicted octanol–water partition coefficient (Wildman–Crippen LogP) is 6.39. The molecule has 1 aliphatic carbocycles. The predicted molar refractivity (Wildman–Crippen MR) is 139 cm³/mol. The number of nitrogens with zero attached hydrogens (tertiary/aromatic N) is 1. The number of aromatic nitrogens is 1. The van der Waals surface area contributed by atoms with E-state index in [1.165, 1.54) is 5.56 Å². The number of oxazole rings is 1. The van der Waals surface area contributed by atoms with Crippen molar-refractivity contribution < 1.29 is 23.8 Å². The zero-order chi connectivity index (χ0) is 25.5. The van der Waals surface area contributed by atoms with Crippen molar-refractivity contribution in [3.63, 3.8) is 0 Å². The summed E-state index contributed by atoms with van der Waals surface area (Å²) in [6.07, 6.45) is 5.09. The number of benzene rings is 2. The normalized spacial score (nSPS) is 19.6. The number of ether oxygens (including phenoxy) is 2.